The molecule has 0 rings (SSSR count). The second-order valence-electron chi connectivity index (χ2n) is 14.7. The summed E-state index contributed by atoms with van der Waals surface area (Å²) >= 11 is 0. The minimum atomic E-state index is -0.105. The van der Waals surface area contributed by atoms with Crippen molar-refractivity contribution >= 4 is 6.09 Å². The number of carbonyl (C=O) groups excluding carboxylic acids is 1. The van der Waals surface area contributed by atoms with E-state index in [2.05, 4.69) is 93.4 Å². The number of ether oxygens (including phenoxy) is 1. The van der Waals surface area contributed by atoms with Crippen molar-refractivity contribution in [3.05, 3.63) is 48.6 Å². The van der Waals surface area contributed by atoms with Gasteiger partial charge in [-0.2, -0.15) is 0 Å². The minimum absolute atomic E-state index is 0.105. The summed E-state index contributed by atoms with van der Waals surface area (Å²) in [7, 11) is 6.36. The average molecular weight is 700 g/mol. The van der Waals surface area contributed by atoms with Crippen LogP contribution in [0.15, 0.2) is 48.6 Å². The molecule has 0 bridgehead atoms. The summed E-state index contributed by atoms with van der Waals surface area (Å²) in [4.78, 5) is 19.6. The molecule has 0 fully saturated rings. The smallest absolute Gasteiger partial charge is 0.409 e. The van der Waals surface area contributed by atoms with Gasteiger partial charge >= 0.3 is 6.09 Å². The molecule has 0 aromatic rings. The Morgan fingerprint density at radius 3 is 1.26 bits per heavy atom. The fraction of sp³-hybridized carbons (Fsp3) is 0.800. The summed E-state index contributed by atoms with van der Waals surface area (Å²) in [5.41, 5.74) is 0. The van der Waals surface area contributed by atoms with Crippen LogP contribution in [-0.4, -0.2) is 81.3 Å². The lowest BCUT2D eigenvalue weighted by atomic mass is 10.1. The van der Waals surface area contributed by atoms with Crippen molar-refractivity contribution in [1.29, 1.82) is 0 Å². The maximum atomic E-state index is 13.0. The second-order valence-corrected chi connectivity index (χ2v) is 14.7. The Hall–Kier alpha value is -1.85. The van der Waals surface area contributed by atoms with Crippen molar-refractivity contribution < 1.29 is 9.53 Å². The van der Waals surface area contributed by atoms with E-state index in [1.807, 2.05) is 4.90 Å². The molecule has 5 nitrogen and oxygen atoms in total. The standard InChI is InChI=1S/C45H85N3O2/c1-6-8-10-12-14-16-18-20-22-24-26-28-30-32-34-36-40-48(45(49)50-44-38-39-47(5)43-42-46(3)4)41-37-35-33-31-29-27-25-23-21-19-17-15-13-11-9-7-2/h14-17,20-23H,6-13,18-19,24-44H2,1-5H3/b16-14-,17-15-,22-20-,23-21-. The molecule has 0 atom stereocenters. The Morgan fingerprint density at radius 1 is 0.440 bits per heavy atom. The third-order valence-electron chi connectivity index (χ3n) is 9.35. The molecule has 0 saturated carbocycles. The summed E-state index contributed by atoms with van der Waals surface area (Å²) in [6.07, 6.45) is 49.2. The van der Waals surface area contributed by atoms with Gasteiger partial charge in [0.05, 0.1) is 6.61 Å². The average Bonchev–Trinajstić information content (AvgIpc) is 3.11. The summed E-state index contributed by atoms with van der Waals surface area (Å²) in [5, 5.41) is 0. The van der Waals surface area contributed by atoms with Gasteiger partial charge < -0.3 is 19.4 Å². The Balaban J connectivity index is 4.22. The van der Waals surface area contributed by atoms with Crippen LogP contribution < -0.4 is 0 Å². The molecule has 0 saturated heterocycles. The van der Waals surface area contributed by atoms with E-state index < -0.39 is 0 Å². The van der Waals surface area contributed by atoms with E-state index in [1.165, 1.54) is 128 Å². The number of hydrogen-bond donors (Lipinski definition) is 0. The molecule has 0 spiro atoms. The SMILES string of the molecule is CCCCC/C=C\C/C=C\CCCCCCCCN(CCCCCCCC/C=C\C/C=C\CCCCC)C(=O)OCCCN(C)CCN(C)C. The van der Waals surface area contributed by atoms with E-state index in [4.69, 9.17) is 4.74 Å². The fourth-order valence-corrected chi connectivity index (χ4v) is 5.94. The van der Waals surface area contributed by atoms with E-state index in [-0.39, 0.29) is 6.09 Å². The lowest BCUT2D eigenvalue weighted by Gasteiger charge is -2.23. The molecule has 5 heteroatoms. The van der Waals surface area contributed by atoms with E-state index in [0.717, 1.165) is 64.8 Å². The molecule has 1 amide bonds. The first-order valence-electron chi connectivity index (χ1n) is 21.4. The first kappa shape index (κ1) is 48.1. The van der Waals surface area contributed by atoms with Crippen LogP contribution in [0.4, 0.5) is 4.79 Å². The van der Waals surface area contributed by atoms with Crippen molar-refractivity contribution in [1.82, 2.24) is 14.7 Å². The third kappa shape index (κ3) is 37.4. The lowest BCUT2D eigenvalue weighted by Crippen LogP contribution is -2.34. The van der Waals surface area contributed by atoms with E-state index >= 15 is 0 Å². The van der Waals surface area contributed by atoms with Gasteiger partial charge in [0.25, 0.3) is 0 Å². The zero-order valence-corrected chi connectivity index (χ0v) is 34.2. The molecular formula is C45H85N3O2. The van der Waals surface area contributed by atoms with Crippen molar-refractivity contribution in [2.24, 2.45) is 0 Å². The van der Waals surface area contributed by atoms with Gasteiger partial charge in [-0.1, -0.05) is 140 Å². The molecule has 0 aromatic carbocycles. The highest BCUT2D eigenvalue weighted by Crippen LogP contribution is 2.12. The Bertz CT molecular complexity index is 771. The lowest BCUT2D eigenvalue weighted by molar-refractivity contribution is 0.0967. The third-order valence-corrected chi connectivity index (χ3v) is 9.35. The fourth-order valence-electron chi connectivity index (χ4n) is 5.94. The Morgan fingerprint density at radius 2 is 0.840 bits per heavy atom. The maximum absolute atomic E-state index is 13.0. The first-order chi connectivity index (χ1) is 24.5. The summed E-state index contributed by atoms with van der Waals surface area (Å²) in [5.74, 6) is 0. The minimum Gasteiger partial charge on any atom is -0.449 e. The van der Waals surface area contributed by atoms with Gasteiger partial charge in [0.15, 0.2) is 0 Å². The molecule has 50 heavy (non-hydrogen) atoms. The van der Waals surface area contributed by atoms with Gasteiger partial charge in [0.1, 0.15) is 0 Å². The van der Waals surface area contributed by atoms with Crippen LogP contribution in [-0.2, 0) is 4.74 Å². The highest BCUT2D eigenvalue weighted by molar-refractivity contribution is 5.67. The quantitative estimate of drug-likeness (QED) is 0.0478. The van der Waals surface area contributed by atoms with Gasteiger partial charge in [-0.15, -0.1) is 0 Å². The number of nitrogens with zero attached hydrogens (tertiary/aromatic N) is 3. The van der Waals surface area contributed by atoms with E-state index in [0.29, 0.717) is 6.61 Å². The molecule has 0 unspecified atom stereocenters. The number of allylic oxidation sites excluding steroid dienone is 8. The molecule has 0 aromatic heterocycles. The molecule has 0 aliphatic rings. The number of likely N-dealkylation sites (N-methyl/N-ethyl adjacent to an activating group) is 2. The molecular weight excluding hydrogens is 615 g/mol. The van der Waals surface area contributed by atoms with E-state index in [1.54, 1.807) is 0 Å². The van der Waals surface area contributed by atoms with Crippen molar-refractivity contribution in [3.63, 3.8) is 0 Å². The largest absolute Gasteiger partial charge is 0.449 e. The molecule has 0 aliphatic carbocycles. The normalized spacial score (nSPS) is 12.3. The van der Waals surface area contributed by atoms with Crippen LogP contribution in [0, 0.1) is 0 Å². The van der Waals surface area contributed by atoms with Crippen LogP contribution in [0.3, 0.4) is 0 Å². The molecule has 0 N–H and O–H groups in total. The maximum Gasteiger partial charge on any atom is 0.409 e. The molecule has 0 aliphatic heterocycles. The zero-order chi connectivity index (χ0) is 36.6. The number of carbonyl (C=O) groups is 1. The van der Waals surface area contributed by atoms with Crippen LogP contribution in [0.25, 0.3) is 0 Å². The van der Waals surface area contributed by atoms with Crippen LogP contribution >= 0.6 is 0 Å². The van der Waals surface area contributed by atoms with Gasteiger partial charge in [0, 0.05) is 32.7 Å². The van der Waals surface area contributed by atoms with E-state index in [9.17, 15) is 4.79 Å². The van der Waals surface area contributed by atoms with Crippen LogP contribution in [0.5, 0.6) is 0 Å². The Labute approximate surface area is 313 Å². The van der Waals surface area contributed by atoms with Crippen molar-refractivity contribution in [2.45, 2.75) is 174 Å². The summed E-state index contributed by atoms with van der Waals surface area (Å²) in [6.45, 7) is 9.73. The molecule has 292 valence electrons. The van der Waals surface area contributed by atoms with Gasteiger partial charge in [-0.3, -0.25) is 0 Å². The second kappa shape index (κ2) is 39.9. The summed E-state index contributed by atoms with van der Waals surface area (Å²) in [6, 6.07) is 0. The predicted octanol–water partition coefficient (Wildman–Crippen LogP) is 12.9. The molecule has 0 radical (unpaired) electrons. The van der Waals surface area contributed by atoms with Gasteiger partial charge in [-0.25, -0.2) is 4.79 Å². The van der Waals surface area contributed by atoms with Gasteiger partial charge in [0.2, 0.25) is 0 Å². The van der Waals surface area contributed by atoms with Crippen molar-refractivity contribution in [2.75, 3.05) is 60.5 Å². The number of amides is 1. The number of hydrogen-bond acceptors (Lipinski definition) is 4. The van der Waals surface area contributed by atoms with Crippen LogP contribution in [0.2, 0.25) is 0 Å². The highest BCUT2D eigenvalue weighted by atomic mass is 16.6. The first-order valence-corrected chi connectivity index (χ1v) is 21.4. The molecule has 0 heterocycles. The van der Waals surface area contributed by atoms with Crippen LogP contribution in [0.1, 0.15) is 174 Å². The summed E-state index contributed by atoms with van der Waals surface area (Å²) < 4.78 is 5.77. The Kier molecular flexibility index (Phi) is 38.5. The predicted molar refractivity (Wildman–Crippen MR) is 222 cm³/mol. The number of unbranched alkanes of at least 4 members (excludes halogenated alkanes) is 18. The number of rotatable bonds is 37. The topological polar surface area (TPSA) is 36.0 Å². The van der Waals surface area contributed by atoms with Gasteiger partial charge in [-0.05, 0) is 105 Å². The highest BCUT2D eigenvalue weighted by Gasteiger charge is 2.14. The zero-order valence-electron chi connectivity index (χ0n) is 34.2. The van der Waals surface area contributed by atoms with Crippen molar-refractivity contribution in [3.8, 4) is 0 Å². The monoisotopic (exact) mass is 700 g/mol.